The van der Waals surface area contributed by atoms with Gasteiger partial charge in [-0.15, -0.1) is 0 Å². The molecule has 1 aliphatic heterocycles. The number of likely N-dealkylation sites (tertiary alicyclic amines) is 1. The van der Waals surface area contributed by atoms with Gasteiger partial charge in [-0.2, -0.15) is 0 Å². The molecule has 2 heterocycles. The van der Waals surface area contributed by atoms with Crippen molar-refractivity contribution in [3.05, 3.63) is 22.8 Å². The molecule has 1 aromatic heterocycles. The fourth-order valence-electron chi connectivity index (χ4n) is 1.72. The predicted octanol–water partition coefficient (Wildman–Crippen LogP) is 2.32. The molecule has 0 aromatic carbocycles. The van der Waals surface area contributed by atoms with Gasteiger partial charge < -0.3 is 9.64 Å². The quantitative estimate of drug-likeness (QED) is 0.825. The largest absolute Gasteiger partial charge is 0.474 e. The summed E-state index contributed by atoms with van der Waals surface area (Å²) in [5.74, 6) is 0.721. The summed E-state index contributed by atoms with van der Waals surface area (Å²) in [7, 11) is 2.15. The fraction of sp³-hybridized carbons (Fsp3) is 0.545. The lowest BCUT2D eigenvalue weighted by Crippen LogP contribution is -2.35. The summed E-state index contributed by atoms with van der Waals surface area (Å²) in [4.78, 5) is 6.51. The molecule has 0 N–H and O–H groups in total. The van der Waals surface area contributed by atoms with E-state index in [1.165, 1.54) is 0 Å². The van der Waals surface area contributed by atoms with Crippen LogP contribution in [-0.4, -0.2) is 36.1 Å². The van der Waals surface area contributed by atoms with Crippen molar-refractivity contribution < 1.29 is 4.74 Å². The minimum absolute atomic E-state index is 0.322. The molecular weight excluding hydrogens is 256 g/mol. The number of nitrogens with zero attached hydrogens (tertiary/aromatic N) is 2. The molecule has 1 aliphatic rings. The molecule has 0 spiro atoms. The van der Waals surface area contributed by atoms with E-state index in [4.69, 9.17) is 4.74 Å². The Hall–Kier alpha value is -0.610. The minimum Gasteiger partial charge on any atom is -0.474 e. The zero-order chi connectivity index (χ0) is 10.7. The first-order valence-electron chi connectivity index (χ1n) is 5.21. The van der Waals surface area contributed by atoms with Crippen LogP contribution < -0.4 is 4.74 Å². The lowest BCUT2D eigenvalue weighted by atomic mass is 10.1. The van der Waals surface area contributed by atoms with Gasteiger partial charge in [0, 0.05) is 29.8 Å². The molecule has 3 nitrogen and oxygen atoms in total. The van der Waals surface area contributed by atoms with E-state index in [0.29, 0.717) is 6.10 Å². The van der Waals surface area contributed by atoms with Crippen LogP contribution in [-0.2, 0) is 0 Å². The van der Waals surface area contributed by atoms with E-state index in [0.717, 1.165) is 36.3 Å². The van der Waals surface area contributed by atoms with Crippen LogP contribution in [0.4, 0.5) is 0 Å². The van der Waals surface area contributed by atoms with Crippen molar-refractivity contribution >= 4 is 15.9 Å². The maximum Gasteiger partial charge on any atom is 0.214 e. The highest BCUT2D eigenvalue weighted by molar-refractivity contribution is 9.10. The molecule has 2 rings (SSSR count). The van der Waals surface area contributed by atoms with Crippen LogP contribution in [0.25, 0.3) is 0 Å². The molecule has 0 amide bonds. The third-order valence-electron chi connectivity index (χ3n) is 2.65. The van der Waals surface area contributed by atoms with Crippen LogP contribution in [0.5, 0.6) is 5.88 Å². The third kappa shape index (κ3) is 3.18. The van der Waals surface area contributed by atoms with Crippen molar-refractivity contribution in [3.63, 3.8) is 0 Å². The van der Waals surface area contributed by atoms with E-state index in [1.807, 2.05) is 12.1 Å². The first kappa shape index (κ1) is 10.9. The number of piperidine rings is 1. The van der Waals surface area contributed by atoms with Gasteiger partial charge in [-0.1, -0.05) is 15.9 Å². The van der Waals surface area contributed by atoms with Crippen LogP contribution >= 0.6 is 15.9 Å². The number of ether oxygens (including phenoxy) is 1. The minimum atomic E-state index is 0.322. The van der Waals surface area contributed by atoms with Crippen molar-refractivity contribution in [1.82, 2.24) is 9.88 Å². The zero-order valence-electron chi connectivity index (χ0n) is 8.82. The Morgan fingerprint density at radius 2 is 2.20 bits per heavy atom. The van der Waals surface area contributed by atoms with E-state index in [2.05, 4.69) is 32.9 Å². The summed E-state index contributed by atoms with van der Waals surface area (Å²) in [6, 6.07) is 3.82. The molecule has 1 saturated heterocycles. The second kappa shape index (κ2) is 4.94. The number of aromatic nitrogens is 1. The monoisotopic (exact) mass is 270 g/mol. The van der Waals surface area contributed by atoms with Crippen LogP contribution in [0.15, 0.2) is 22.8 Å². The number of hydrogen-bond acceptors (Lipinski definition) is 3. The van der Waals surface area contributed by atoms with Crippen molar-refractivity contribution in [2.24, 2.45) is 0 Å². The van der Waals surface area contributed by atoms with Gasteiger partial charge in [0.25, 0.3) is 0 Å². The van der Waals surface area contributed by atoms with E-state index in [9.17, 15) is 0 Å². The molecule has 1 fully saturated rings. The van der Waals surface area contributed by atoms with Crippen molar-refractivity contribution in [2.75, 3.05) is 20.1 Å². The summed E-state index contributed by atoms with van der Waals surface area (Å²) < 4.78 is 6.83. The molecule has 1 aromatic rings. The Morgan fingerprint density at radius 1 is 1.47 bits per heavy atom. The number of halogens is 1. The molecule has 0 radical (unpaired) electrons. The molecule has 4 heteroatoms. The lowest BCUT2D eigenvalue weighted by molar-refractivity contribution is 0.110. The molecule has 15 heavy (non-hydrogen) atoms. The van der Waals surface area contributed by atoms with Crippen LogP contribution in [0, 0.1) is 0 Å². The van der Waals surface area contributed by atoms with Crippen molar-refractivity contribution in [3.8, 4) is 5.88 Å². The van der Waals surface area contributed by atoms with Crippen LogP contribution in [0.3, 0.4) is 0 Å². The van der Waals surface area contributed by atoms with E-state index < -0.39 is 0 Å². The third-order valence-corrected chi connectivity index (χ3v) is 3.14. The Kier molecular flexibility index (Phi) is 3.59. The second-order valence-corrected chi connectivity index (χ2v) is 4.85. The first-order chi connectivity index (χ1) is 7.24. The van der Waals surface area contributed by atoms with Gasteiger partial charge in [0.05, 0.1) is 0 Å². The van der Waals surface area contributed by atoms with Crippen molar-refractivity contribution in [2.45, 2.75) is 18.9 Å². The average molecular weight is 271 g/mol. The summed E-state index contributed by atoms with van der Waals surface area (Å²) in [5, 5.41) is 0. The Morgan fingerprint density at radius 3 is 2.87 bits per heavy atom. The van der Waals surface area contributed by atoms with E-state index >= 15 is 0 Å². The van der Waals surface area contributed by atoms with Crippen molar-refractivity contribution in [1.29, 1.82) is 0 Å². The Bertz CT molecular complexity index is 324. The molecule has 0 unspecified atom stereocenters. The zero-order valence-corrected chi connectivity index (χ0v) is 10.4. The summed E-state index contributed by atoms with van der Waals surface area (Å²) in [6.07, 6.45) is 4.26. The highest BCUT2D eigenvalue weighted by Crippen LogP contribution is 2.19. The summed E-state index contributed by atoms with van der Waals surface area (Å²) in [5.41, 5.74) is 0. The standard InChI is InChI=1S/C11H15BrN2O/c1-14-6-3-10(4-7-14)15-11-8-9(12)2-5-13-11/h2,5,8,10H,3-4,6-7H2,1H3. The maximum atomic E-state index is 5.82. The number of rotatable bonds is 2. The van der Waals surface area contributed by atoms with Crippen LogP contribution in [0.2, 0.25) is 0 Å². The molecular formula is C11H15BrN2O. The Balaban J connectivity index is 1.92. The van der Waals surface area contributed by atoms with Gasteiger partial charge in [0.15, 0.2) is 0 Å². The van der Waals surface area contributed by atoms with Crippen LogP contribution in [0.1, 0.15) is 12.8 Å². The SMILES string of the molecule is CN1CCC(Oc2cc(Br)ccn2)CC1. The summed E-state index contributed by atoms with van der Waals surface area (Å²) in [6.45, 7) is 2.22. The fourth-order valence-corrected chi connectivity index (χ4v) is 2.04. The molecule has 0 atom stereocenters. The second-order valence-electron chi connectivity index (χ2n) is 3.93. The number of hydrogen-bond donors (Lipinski definition) is 0. The highest BCUT2D eigenvalue weighted by Gasteiger charge is 2.18. The Labute approximate surface area is 98.6 Å². The topological polar surface area (TPSA) is 25.4 Å². The van der Waals surface area contributed by atoms with E-state index in [1.54, 1.807) is 6.20 Å². The van der Waals surface area contributed by atoms with Gasteiger partial charge in [0.2, 0.25) is 5.88 Å². The highest BCUT2D eigenvalue weighted by atomic mass is 79.9. The van der Waals surface area contributed by atoms with Gasteiger partial charge in [-0.3, -0.25) is 0 Å². The van der Waals surface area contributed by atoms with E-state index in [-0.39, 0.29) is 0 Å². The molecule has 0 aliphatic carbocycles. The predicted molar refractivity (Wildman–Crippen MR) is 63.1 cm³/mol. The summed E-state index contributed by atoms with van der Waals surface area (Å²) >= 11 is 3.41. The number of pyridine rings is 1. The first-order valence-corrected chi connectivity index (χ1v) is 6.00. The molecule has 82 valence electrons. The molecule has 0 saturated carbocycles. The van der Waals surface area contributed by atoms with Gasteiger partial charge in [-0.05, 0) is 26.0 Å². The normalized spacial score (nSPS) is 19.1. The van der Waals surface area contributed by atoms with Gasteiger partial charge in [-0.25, -0.2) is 4.98 Å². The maximum absolute atomic E-state index is 5.82. The average Bonchev–Trinajstić information content (AvgIpc) is 2.22. The molecule has 0 bridgehead atoms. The smallest absolute Gasteiger partial charge is 0.214 e. The lowest BCUT2D eigenvalue weighted by Gasteiger charge is -2.28. The van der Waals surface area contributed by atoms with Gasteiger partial charge in [0.1, 0.15) is 6.10 Å². The van der Waals surface area contributed by atoms with Gasteiger partial charge >= 0.3 is 0 Å².